The Morgan fingerprint density at radius 3 is 2.47 bits per heavy atom. The van der Waals surface area contributed by atoms with E-state index < -0.39 is 6.10 Å². The summed E-state index contributed by atoms with van der Waals surface area (Å²) in [7, 11) is 0. The van der Waals surface area contributed by atoms with Crippen molar-refractivity contribution < 1.29 is 9.84 Å². The van der Waals surface area contributed by atoms with Gasteiger partial charge in [0.05, 0.1) is 5.52 Å². The summed E-state index contributed by atoms with van der Waals surface area (Å²) in [6.45, 7) is 2.70. The minimum Gasteiger partial charge on any atom is -0.490 e. The second-order valence-electron chi connectivity index (χ2n) is 8.68. The maximum atomic E-state index is 10.7. The summed E-state index contributed by atoms with van der Waals surface area (Å²) in [6.07, 6.45) is 6.94. The highest BCUT2D eigenvalue weighted by Crippen LogP contribution is 2.32. The Morgan fingerprint density at radius 1 is 0.882 bits per heavy atom. The van der Waals surface area contributed by atoms with E-state index in [0.29, 0.717) is 6.54 Å². The van der Waals surface area contributed by atoms with Crippen molar-refractivity contribution in [2.75, 3.05) is 26.2 Å². The molecular formula is C29H29N3O2. The number of ether oxygens (including phenoxy) is 1. The lowest BCUT2D eigenvalue weighted by molar-refractivity contribution is 0.0661. The molecule has 1 saturated heterocycles. The third-order valence-electron chi connectivity index (χ3n) is 6.33. The van der Waals surface area contributed by atoms with Crippen LogP contribution in [0.2, 0.25) is 0 Å². The van der Waals surface area contributed by atoms with E-state index in [2.05, 4.69) is 51.3 Å². The van der Waals surface area contributed by atoms with Crippen molar-refractivity contribution in [3.8, 4) is 5.75 Å². The van der Waals surface area contributed by atoms with Gasteiger partial charge in [0.2, 0.25) is 0 Å². The lowest BCUT2D eigenvalue weighted by Crippen LogP contribution is -2.39. The summed E-state index contributed by atoms with van der Waals surface area (Å²) in [4.78, 5) is 11.0. The van der Waals surface area contributed by atoms with Gasteiger partial charge in [-0.15, -0.1) is 0 Å². The molecule has 1 N–H and O–H groups in total. The van der Waals surface area contributed by atoms with Gasteiger partial charge >= 0.3 is 0 Å². The highest BCUT2D eigenvalue weighted by Gasteiger charge is 2.21. The van der Waals surface area contributed by atoms with E-state index in [4.69, 9.17) is 4.74 Å². The number of rotatable bonds is 7. The van der Waals surface area contributed by atoms with Gasteiger partial charge in [-0.1, -0.05) is 48.0 Å². The quantitative estimate of drug-likeness (QED) is 0.430. The van der Waals surface area contributed by atoms with E-state index in [1.54, 1.807) is 6.20 Å². The van der Waals surface area contributed by atoms with E-state index in [1.165, 1.54) is 16.7 Å². The molecule has 2 aromatic heterocycles. The van der Waals surface area contributed by atoms with E-state index in [9.17, 15) is 5.11 Å². The number of hydrogen-bond donors (Lipinski definition) is 1. The summed E-state index contributed by atoms with van der Waals surface area (Å²) in [6, 6.07) is 24.4. The first kappa shape index (κ1) is 22.3. The molecule has 1 atom stereocenters. The molecule has 172 valence electrons. The lowest BCUT2D eigenvalue weighted by atomic mass is 9.89. The molecule has 1 aliphatic heterocycles. The third kappa shape index (κ3) is 5.16. The van der Waals surface area contributed by atoms with Gasteiger partial charge in [-0.25, -0.2) is 0 Å². The Bertz CT molecular complexity index is 1200. The first-order valence-corrected chi connectivity index (χ1v) is 11.8. The topological polar surface area (TPSA) is 58.5 Å². The van der Waals surface area contributed by atoms with Crippen LogP contribution in [0, 0.1) is 0 Å². The highest BCUT2D eigenvalue weighted by molar-refractivity contribution is 5.84. The van der Waals surface area contributed by atoms with Crippen LogP contribution in [0.3, 0.4) is 0 Å². The number of pyridine rings is 2. The van der Waals surface area contributed by atoms with Gasteiger partial charge < -0.3 is 9.84 Å². The molecule has 0 aliphatic carbocycles. The maximum absolute atomic E-state index is 10.7. The molecule has 5 nitrogen and oxygen atoms in total. The van der Waals surface area contributed by atoms with Crippen molar-refractivity contribution in [2.24, 2.45) is 0 Å². The molecule has 2 aromatic carbocycles. The zero-order chi connectivity index (χ0) is 23.2. The molecule has 0 saturated carbocycles. The van der Waals surface area contributed by atoms with Crippen LogP contribution in [0.15, 0.2) is 97.0 Å². The second kappa shape index (κ2) is 10.6. The maximum Gasteiger partial charge on any atom is 0.128 e. The van der Waals surface area contributed by atoms with E-state index in [0.717, 1.165) is 48.1 Å². The average Bonchev–Trinajstić information content (AvgIpc) is 2.90. The summed E-state index contributed by atoms with van der Waals surface area (Å²) in [5.74, 6) is 0.762. The Kier molecular flexibility index (Phi) is 6.94. The summed E-state index contributed by atoms with van der Waals surface area (Å²) >= 11 is 0. The third-order valence-corrected chi connectivity index (χ3v) is 6.33. The van der Waals surface area contributed by atoms with Gasteiger partial charge in [0.25, 0.3) is 0 Å². The molecule has 0 radical (unpaired) electrons. The standard InChI is InChI=1S/C29H29N3O2/c33-25(21-34-28-12-4-11-27-26(28)10-6-16-31-27)20-32-17-13-23(14-18-32)29(22-7-2-1-3-8-22)24-9-5-15-30-19-24/h1-12,15-16,19,25,33H,13-14,17-18,20-21H2. The molecule has 4 aromatic rings. The first-order chi connectivity index (χ1) is 16.8. The number of aromatic nitrogens is 2. The van der Waals surface area contributed by atoms with E-state index >= 15 is 0 Å². The molecular weight excluding hydrogens is 422 g/mol. The molecule has 3 heterocycles. The first-order valence-electron chi connectivity index (χ1n) is 11.8. The van der Waals surface area contributed by atoms with E-state index in [1.807, 2.05) is 48.8 Å². The Morgan fingerprint density at radius 2 is 1.68 bits per heavy atom. The monoisotopic (exact) mass is 451 g/mol. The van der Waals surface area contributed by atoms with Crippen LogP contribution in [-0.2, 0) is 0 Å². The van der Waals surface area contributed by atoms with Crippen molar-refractivity contribution in [1.82, 2.24) is 14.9 Å². The number of nitrogens with zero attached hydrogens (tertiary/aromatic N) is 3. The number of fused-ring (bicyclic) bond motifs is 1. The molecule has 5 heteroatoms. The van der Waals surface area contributed by atoms with Gasteiger partial charge in [0.1, 0.15) is 18.5 Å². The van der Waals surface area contributed by atoms with Crippen LogP contribution in [-0.4, -0.2) is 52.3 Å². The van der Waals surface area contributed by atoms with Crippen LogP contribution in [0.25, 0.3) is 16.5 Å². The SMILES string of the molecule is OC(COc1cccc2ncccc12)CN1CCC(=C(c2ccccc2)c2cccnc2)CC1. The predicted octanol–water partition coefficient (Wildman–Crippen LogP) is 4.97. The van der Waals surface area contributed by atoms with Crippen molar-refractivity contribution in [2.45, 2.75) is 18.9 Å². The fourth-order valence-electron chi connectivity index (χ4n) is 4.68. The number of aliphatic hydroxyl groups excluding tert-OH is 1. The Labute approximate surface area is 200 Å². The Hall–Kier alpha value is -3.54. The van der Waals surface area contributed by atoms with Crippen molar-refractivity contribution >= 4 is 16.5 Å². The molecule has 0 spiro atoms. The second-order valence-corrected chi connectivity index (χ2v) is 8.68. The van der Waals surface area contributed by atoms with Crippen LogP contribution in [0.4, 0.5) is 0 Å². The van der Waals surface area contributed by atoms with Gasteiger partial charge in [-0.3, -0.25) is 14.9 Å². The predicted molar refractivity (Wildman–Crippen MR) is 136 cm³/mol. The molecule has 1 unspecified atom stereocenters. The van der Waals surface area contributed by atoms with Gasteiger partial charge in [0, 0.05) is 49.2 Å². The van der Waals surface area contributed by atoms with Crippen molar-refractivity contribution in [3.05, 3.63) is 108 Å². The smallest absolute Gasteiger partial charge is 0.128 e. The molecule has 0 amide bonds. The van der Waals surface area contributed by atoms with Crippen LogP contribution < -0.4 is 4.74 Å². The molecule has 34 heavy (non-hydrogen) atoms. The number of aliphatic hydroxyl groups is 1. The largest absolute Gasteiger partial charge is 0.490 e. The average molecular weight is 452 g/mol. The van der Waals surface area contributed by atoms with Crippen LogP contribution in [0.1, 0.15) is 24.0 Å². The van der Waals surface area contributed by atoms with Gasteiger partial charge in [0.15, 0.2) is 0 Å². The van der Waals surface area contributed by atoms with Crippen molar-refractivity contribution in [1.29, 1.82) is 0 Å². The highest BCUT2D eigenvalue weighted by atomic mass is 16.5. The zero-order valence-electron chi connectivity index (χ0n) is 19.2. The molecule has 5 rings (SSSR count). The zero-order valence-corrected chi connectivity index (χ0v) is 19.2. The van der Waals surface area contributed by atoms with Crippen LogP contribution >= 0.6 is 0 Å². The van der Waals surface area contributed by atoms with Gasteiger partial charge in [-0.05, 0) is 54.3 Å². The fraction of sp³-hybridized carbons (Fsp3) is 0.241. The van der Waals surface area contributed by atoms with Crippen molar-refractivity contribution in [3.63, 3.8) is 0 Å². The molecule has 0 bridgehead atoms. The van der Waals surface area contributed by atoms with Crippen LogP contribution in [0.5, 0.6) is 5.75 Å². The minimum absolute atomic E-state index is 0.262. The number of piperidine rings is 1. The lowest BCUT2D eigenvalue weighted by Gasteiger charge is -2.31. The Balaban J connectivity index is 1.22. The minimum atomic E-state index is -0.552. The summed E-state index contributed by atoms with van der Waals surface area (Å²) < 4.78 is 5.96. The number of hydrogen-bond acceptors (Lipinski definition) is 5. The number of likely N-dealkylation sites (tertiary alicyclic amines) is 1. The summed E-state index contributed by atoms with van der Waals surface area (Å²) in [5.41, 5.74) is 6.03. The van der Waals surface area contributed by atoms with E-state index in [-0.39, 0.29) is 6.61 Å². The molecule has 1 fully saturated rings. The molecule has 1 aliphatic rings. The fourth-order valence-corrected chi connectivity index (χ4v) is 4.68. The van der Waals surface area contributed by atoms with Gasteiger partial charge in [-0.2, -0.15) is 0 Å². The number of β-amino-alcohol motifs (C(OH)–C–C–N with tert-alkyl or cyclic N) is 1. The number of benzene rings is 2. The summed E-state index contributed by atoms with van der Waals surface area (Å²) in [5, 5.41) is 11.6. The normalized spacial score (nSPS) is 15.3.